The van der Waals surface area contributed by atoms with Crippen LogP contribution in [0.25, 0.3) is 0 Å². The summed E-state index contributed by atoms with van der Waals surface area (Å²) in [5, 5.41) is 18.1. The maximum atomic E-state index is 13.4. The second-order valence-electron chi connectivity index (χ2n) is 7.68. The average molecular weight is 438 g/mol. The predicted molar refractivity (Wildman–Crippen MR) is 125 cm³/mol. The second-order valence-corrected chi connectivity index (χ2v) is 7.68. The van der Waals surface area contributed by atoms with Crippen LogP contribution in [0.4, 0.5) is 11.6 Å². The molecule has 1 unspecified atom stereocenters. The number of rotatable bonds is 6. The molecule has 33 heavy (non-hydrogen) atoms. The molecule has 4 aromatic rings. The molecule has 8 nitrogen and oxygen atoms in total. The Bertz CT molecular complexity index is 1300. The number of ether oxygens (including phenoxy) is 1. The fourth-order valence-electron chi connectivity index (χ4n) is 3.85. The Hall–Kier alpha value is -4.46. The van der Waals surface area contributed by atoms with Crippen molar-refractivity contribution < 1.29 is 9.53 Å². The van der Waals surface area contributed by atoms with Crippen LogP contribution in [0.3, 0.4) is 0 Å². The van der Waals surface area contributed by atoms with E-state index in [1.54, 1.807) is 4.68 Å². The zero-order valence-corrected chi connectivity index (χ0v) is 18.0. The number of anilines is 2. The first-order valence-electron chi connectivity index (χ1n) is 10.6. The summed E-state index contributed by atoms with van der Waals surface area (Å²) in [7, 11) is 0. The van der Waals surface area contributed by atoms with E-state index in [0.29, 0.717) is 35.3 Å². The largest absolute Gasteiger partial charge is 0.489 e. The quantitative estimate of drug-likeness (QED) is 0.469. The van der Waals surface area contributed by atoms with Crippen molar-refractivity contribution in [2.75, 3.05) is 10.6 Å². The molecule has 164 valence electrons. The van der Waals surface area contributed by atoms with Crippen molar-refractivity contribution >= 4 is 17.5 Å². The Kier molecular flexibility index (Phi) is 5.55. The molecule has 1 amide bonds. The van der Waals surface area contributed by atoms with Gasteiger partial charge in [-0.15, -0.1) is 0 Å². The van der Waals surface area contributed by atoms with E-state index in [0.717, 1.165) is 11.1 Å². The zero-order valence-electron chi connectivity index (χ0n) is 18.0. The highest BCUT2D eigenvalue weighted by molar-refractivity contribution is 6.06. The lowest BCUT2D eigenvalue weighted by atomic mass is 9.95. The van der Waals surface area contributed by atoms with Gasteiger partial charge in [-0.25, -0.2) is 0 Å². The fraction of sp³-hybridized carbons (Fsp3) is 0.120. The van der Waals surface area contributed by atoms with E-state index in [2.05, 4.69) is 26.2 Å². The van der Waals surface area contributed by atoms with Gasteiger partial charge in [0, 0.05) is 11.4 Å². The molecule has 1 atom stereocenters. The van der Waals surface area contributed by atoms with E-state index in [1.807, 2.05) is 91.9 Å². The number of hydrogen-bond acceptors (Lipinski definition) is 6. The number of carbonyl (C=O) groups excluding carboxylic acids is 1. The summed E-state index contributed by atoms with van der Waals surface area (Å²) < 4.78 is 7.63. The number of tetrazole rings is 1. The summed E-state index contributed by atoms with van der Waals surface area (Å²) in [4.78, 5) is 13.4. The van der Waals surface area contributed by atoms with E-state index < -0.39 is 6.04 Å². The second kappa shape index (κ2) is 8.96. The van der Waals surface area contributed by atoms with Gasteiger partial charge in [-0.2, -0.15) is 4.68 Å². The van der Waals surface area contributed by atoms with Gasteiger partial charge in [0.2, 0.25) is 5.95 Å². The Labute approximate surface area is 190 Å². The van der Waals surface area contributed by atoms with Crippen molar-refractivity contribution in [3.63, 3.8) is 0 Å². The molecule has 0 spiro atoms. The summed E-state index contributed by atoms with van der Waals surface area (Å²) in [6.45, 7) is 2.30. The first kappa shape index (κ1) is 20.4. The van der Waals surface area contributed by atoms with Crippen molar-refractivity contribution in [1.29, 1.82) is 0 Å². The molecule has 0 bridgehead atoms. The van der Waals surface area contributed by atoms with E-state index in [9.17, 15) is 4.79 Å². The Balaban J connectivity index is 1.47. The predicted octanol–water partition coefficient (Wildman–Crippen LogP) is 4.18. The topological polar surface area (TPSA) is 94.0 Å². The molecule has 0 aliphatic carbocycles. The van der Waals surface area contributed by atoms with Crippen LogP contribution in [0, 0.1) is 0 Å². The van der Waals surface area contributed by atoms with Gasteiger partial charge in [-0.1, -0.05) is 65.8 Å². The minimum absolute atomic E-state index is 0.229. The number of carbonyl (C=O) groups is 1. The van der Waals surface area contributed by atoms with Crippen LogP contribution in [0.2, 0.25) is 0 Å². The number of hydrogen-bond donors (Lipinski definition) is 2. The molecule has 3 aromatic carbocycles. The molecule has 0 saturated carbocycles. The fourth-order valence-corrected chi connectivity index (χ4v) is 3.85. The average Bonchev–Trinajstić information content (AvgIpc) is 3.31. The molecule has 0 radical (unpaired) electrons. The van der Waals surface area contributed by atoms with E-state index >= 15 is 0 Å². The lowest BCUT2D eigenvalue weighted by molar-refractivity contribution is -0.113. The third kappa shape index (κ3) is 4.31. The Morgan fingerprint density at radius 3 is 2.58 bits per heavy atom. The molecule has 5 rings (SSSR count). The molecule has 0 saturated heterocycles. The minimum Gasteiger partial charge on any atom is -0.489 e. The van der Waals surface area contributed by atoms with Crippen molar-refractivity contribution in [3.05, 3.63) is 107 Å². The molecule has 1 aliphatic heterocycles. The summed E-state index contributed by atoms with van der Waals surface area (Å²) in [6, 6.07) is 26.5. The van der Waals surface area contributed by atoms with Gasteiger partial charge in [-0.3, -0.25) is 4.79 Å². The smallest absolute Gasteiger partial charge is 0.255 e. The summed E-state index contributed by atoms with van der Waals surface area (Å²) in [5.74, 6) is 0.947. The first-order chi connectivity index (χ1) is 16.2. The number of nitrogens with zero attached hydrogens (tertiary/aromatic N) is 4. The lowest BCUT2D eigenvalue weighted by Gasteiger charge is -2.28. The number of allylic oxidation sites excluding steroid dienone is 1. The van der Waals surface area contributed by atoms with Gasteiger partial charge in [-0.05, 0) is 52.7 Å². The van der Waals surface area contributed by atoms with Crippen LogP contribution in [0.1, 0.15) is 24.1 Å². The standard InChI is InChI=1S/C25H22N6O2/c1-17-22(24(32)27-20-12-6-3-7-13-20)23(31-25(26-17)28-29-30-31)19-11-8-14-21(15-19)33-16-18-9-4-2-5-10-18/h2-15,23H,16H2,1H3,(H,27,32)(H,26,28,30). The van der Waals surface area contributed by atoms with Crippen molar-refractivity contribution in [2.24, 2.45) is 0 Å². The van der Waals surface area contributed by atoms with Crippen molar-refractivity contribution in [2.45, 2.75) is 19.6 Å². The summed E-state index contributed by atoms with van der Waals surface area (Å²) >= 11 is 0. The Morgan fingerprint density at radius 2 is 1.79 bits per heavy atom. The first-order valence-corrected chi connectivity index (χ1v) is 10.6. The van der Waals surface area contributed by atoms with Crippen LogP contribution in [0.15, 0.2) is 96.2 Å². The third-order valence-corrected chi connectivity index (χ3v) is 5.41. The highest BCUT2D eigenvalue weighted by Crippen LogP contribution is 2.36. The van der Waals surface area contributed by atoms with Gasteiger partial charge < -0.3 is 15.4 Å². The van der Waals surface area contributed by atoms with Crippen LogP contribution in [-0.4, -0.2) is 26.1 Å². The lowest BCUT2D eigenvalue weighted by Crippen LogP contribution is -2.31. The number of aromatic nitrogens is 4. The van der Waals surface area contributed by atoms with Crippen molar-refractivity contribution in [3.8, 4) is 5.75 Å². The number of fused-ring (bicyclic) bond motifs is 1. The van der Waals surface area contributed by atoms with Gasteiger partial charge >= 0.3 is 0 Å². The number of benzene rings is 3. The third-order valence-electron chi connectivity index (χ3n) is 5.41. The molecule has 0 fully saturated rings. The molecular weight excluding hydrogens is 416 g/mol. The monoisotopic (exact) mass is 438 g/mol. The van der Waals surface area contributed by atoms with E-state index in [-0.39, 0.29) is 5.91 Å². The van der Waals surface area contributed by atoms with Gasteiger partial charge in [0.15, 0.2) is 0 Å². The SMILES string of the molecule is CC1=C(C(=O)Nc2ccccc2)C(c2cccc(OCc3ccccc3)c2)n2nnnc2N1. The molecule has 1 aliphatic rings. The number of para-hydroxylation sites is 1. The zero-order chi connectivity index (χ0) is 22.6. The number of nitrogens with one attached hydrogen (secondary N) is 2. The Morgan fingerprint density at radius 1 is 1.03 bits per heavy atom. The maximum Gasteiger partial charge on any atom is 0.255 e. The minimum atomic E-state index is -0.514. The highest BCUT2D eigenvalue weighted by Gasteiger charge is 2.34. The normalized spacial score (nSPS) is 14.9. The van der Waals surface area contributed by atoms with E-state index in [4.69, 9.17) is 4.74 Å². The van der Waals surface area contributed by atoms with Crippen LogP contribution < -0.4 is 15.4 Å². The molecule has 8 heteroatoms. The molecule has 2 N–H and O–H groups in total. The molecule has 2 heterocycles. The maximum absolute atomic E-state index is 13.4. The van der Waals surface area contributed by atoms with Crippen molar-refractivity contribution in [1.82, 2.24) is 20.2 Å². The highest BCUT2D eigenvalue weighted by atomic mass is 16.5. The van der Waals surface area contributed by atoms with Gasteiger partial charge in [0.1, 0.15) is 18.4 Å². The van der Waals surface area contributed by atoms with Gasteiger partial charge in [0.05, 0.1) is 5.57 Å². The molecule has 1 aromatic heterocycles. The van der Waals surface area contributed by atoms with Crippen LogP contribution in [0.5, 0.6) is 5.75 Å². The van der Waals surface area contributed by atoms with Crippen LogP contribution in [-0.2, 0) is 11.4 Å². The summed E-state index contributed by atoms with van der Waals surface area (Å²) in [6.07, 6.45) is 0. The number of amides is 1. The van der Waals surface area contributed by atoms with Gasteiger partial charge in [0.25, 0.3) is 5.91 Å². The summed E-state index contributed by atoms with van der Waals surface area (Å²) in [5.41, 5.74) is 3.84. The molecular formula is C25H22N6O2. The van der Waals surface area contributed by atoms with Crippen LogP contribution >= 0.6 is 0 Å². The van der Waals surface area contributed by atoms with E-state index in [1.165, 1.54) is 0 Å².